The van der Waals surface area contributed by atoms with Gasteiger partial charge in [-0.2, -0.15) is 0 Å². The molecule has 2 aliphatic carbocycles. The summed E-state index contributed by atoms with van der Waals surface area (Å²) in [7, 11) is 9.14. The van der Waals surface area contributed by atoms with Crippen LogP contribution in [-0.2, 0) is 95.3 Å². The van der Waals surface area contributed by atoms with Crippen molar-refractivity contribution >= 4 is 58.5 Å². The van der Waals surface area contributed by atoms with E-state index >= 15 is 0 Å². The first-order valence-electron chi connectivity index (χ1n) is 49.0. The molecule has 31 heteroatoms. The number of Topliss-reactive ketones (excluding diaryl/α,β-unsaturated/α-hetero) is 6. The number of hydrogen-bond donors (Lipinski definition) is 5. The van der Waals surface area contributed by atoms with E-state index in [1.807, 2.05) is 116 Å². The average Bonchev–Trinajstić information content (AvgIpc) is 0.814. The summed E-state index contributed by atoms with van der Waals surface area (Å²) >= 11 is 0. The largest absolute Gasteiger partial charge is 0.460 e. The number of ether oxygens (including phenoxy) is 10. The Bertz CT molecular complexity index is 4310. The summed E-state index contributed by atoms with van der Waals surface area (Å²) in [6.07, 6.45) is 25.1. The van der Waals surface area contributed by atoms with E-state index in [1.165, 1.54) is 24.0 Å². The summed E-state index contributed by atoms with van der Waals surface area (Å²) in [6, 6.07) is -2.33. The topological polar surface area (TPSA) is 414 Å². The Hall–Kier alpha value is -7.63. The second-order valence-electron chi connectivity index (χ2n) is 40.0. The van der Waals surface area contributed by atoms with Crippen LogP contribution in [0.25, 0.3) is 0 Å². The average molecular weight is 1880 g/mol. The number of aromatic nitrogens is 4. The summed E-state index contributed by atoms with van der Waals surface area (Å²) < 4.78 is 60.9. The summed E-state index contributed by atoms with van der Waals surface area (Å²) in [5, 5.41) is 69.0. The molecule has 7 heterocycles. The lowest BCUT2D eigenvalue weighted by molar-refractivity contribution is -0.265. The van der Waals surface area contributed by atoms with Crippen LogP contribution >= 0.6 is 0 Å². The molecule has 0 spiro atoms. The van der Waals surface area contributed by atoms with Gasteiger partial charge in [0.15, 0.2) is 11.6 Å². The number of ketones is 6. The van der Waals surface area contributed by atoms with Gasteiger partial charge in [-0.05, 0) is 224 Å². The van der Waals surface area contributed by atoms with E-state index in [1.54, 1.807) is 93.1 Å². The summed E-state index contributed by atoms with van der Waals surface area (Å²) in [6.45, 7) is 25.5. The van der Waals surface area contributed by atoms with E-state index in [2.05, 4.69) is 15.5 Å². The highest BCUT2D eigenvalue weighted by molar-refractivity contribution is 6.39. The molecule has 0 radical (unpaired) electrons. The van der Waals surface area contributed by atoms with Gasteiger partial charge in [0.25, 0.3) is 23.4 Å². The van der Waals surface area contributed by atoms with Crippen LogP contribution in [0.3, 0.4) is 0 Å². The second kappa shape index (κ2) is 53.0. The van der Waals surface area contributed by atoms with Crippen LogP contribution in [0.2, 0.25) is 0 Å². The highest BCUT2D eigenvalue weighted by Crippen LogP contribution is 2.43. The molecule has 4 saturated heterocycles. The minimum Gasteiger partial charge on any atom is -0.460 e. The lowest BCUT2D eigenvalue weighted by Crippen LogP contribution is -2.61. The van der Waals surface area contributed by atoms with E-state index in [0.717, 1.165) is 30.4 Å². The van der Waals surface area contributed by atoms with Gasteiger partial charge >= 0.3 is 11.9 Å². The van der Waals surface area contributed by atoms with Crippen molar-refractivity contribution in [3.05, 3.63) is 102 Å². The van der Waals surface area contributed by atoms with Gasteiger partial charge in [0.1, 0.15) is 66.6 Å². The fraction of sp³-hybridized carbons (Fsp3) is 0.738. The molecular formula is C103H158N6O25. The third-order valence-corrected chi connectivity index (χ3v) is 29.7. The summed E-state index contributed by atoms with van der Waals surface area (Å²) in [5.74, 6) is -15.9. The highest BCUT2D eigenvalue weighted by atomic mass is 16.6. The van der Waals surface area contributed by atoms with Gasteiger partial charge in [0, 0.05) is 117 Å². The molecule has 6 fully saturated rings. The van der Waals surface area contributed by atoms with Crippen molar-refractivity contribution in [3.8, 4) is 0 Å². The van der Waals surface area contributed by atoms with Crippen LogP contribution in [0.5, 0.6) is 0 Å². The first-order chi connectivity index (χ1) is 63.6. The quantitative estimate of drug-likeness (QED) is 0.0695. The zero-order valence-electron chi connectivity index (χ0n) is 83.1. The zero-order valence-corrected chi connectivity index (χ0v) is 83.1. The number of amides is 2. The predicted octanol–water partition coefficient (Wildman–Crippen LogP) is 12.2. The predicted molar refractivity (Wildman–Crippen MR) is 501 cm³/mol. The molecule has 134 heavy (non-hydrogen) atoms. The number of hydrogen-bond acceptors (Lipinski definition) is 28. The maximum atomic E-state index is 14.5. The number of allylic oxidation sites excluding steroid dienone is 12. The van der Waals surface area contributed by atoms with Gasteiger partial charge in [0.05, 0.1) is 48.8 Å². The van der Waals surface area contributed by atoms with Crippen LogP contribution in [-0.4, -0.2) is 273 Å². The van der Waals surface area contributed by atoms with Crippen LogP contribution in [0.15, 0.2) is 102 Å². The number of aliphatic hydroxyl groups excluding tert-OH is 3. The molecule has 9 rings (SSSR count). The van der Waals surface area contributed by atoms with E-state index < -0.39 is 162 Å². The Balaban J connectivity index is 0.000000330. The maximum Gasteiger partial charge on any atom is 0.329 e. The van der Waals surface area contributed by atoms with E-state index in [0.29, 0.717) is 120 Å². The number of carbonyl (C=O) groups is 10. The number of aliphatic hydroxyl groups is 5. The molecule has 4 bridgehead atoms. The summed E-state index contributed by atoms with van der Waals surface area (Å²) in [4.78, 5) is 144. The number of methoxy groups -OCH3 is 6. The Morgan fingerprint density at radius 2 is 0.873 bits per heavy atom. The molecule has 6 aliphatic heterocycles. The first kappa shape index (κ1) is 112. The van der Waals surface area contributed by atoms with Gasteiger partial charge in [-0.25, -0.2) is 14.3 Å². The Morgan fingerprint density at radius 1 is 0.463 bits per heavy atom. The Kier molecular flexibility index (Phi) is 44.1. The summed E-state index contributed by atoms with van der Waals surface area (Å²) in [5.41, 5.74) is 2.54. The minimum atomic E-state index is -2.43. The fourth-order valence-corrected chi connectivity index (χ4v) is 20.9. The standard InChI is InChI=1S/C52H79N5O12.C51H79NO13/c1-31-16-12-11-13-17-32(2)43(65-8)28-39-21-19-37(7)52(64,69-39)49(61)50(62)56-23-15-14-18-41(56)51(63)68-44(34(4)26-38-20-22-40(45(27-38)66-9)57-30-53-54-55-57)29-42(58)33(3)25-36(6)47(60)48(67-10)46(59)35(5)24-31;1-30-16-12-11-13-17-31(2)42(61-8)28-38-21-19-36(7)51(60,65-38)48(57)49(58)52-23-15-14-18-39(52)50(59)64-43(33(4)26-37-20-22-40(53)44(27-37)62-9)29-41(54)32(3)25-35(6)46(56)47(63-10)45(55)34(5)24-30/h11-13,16-17,25,30-31,33-35,37-41,43-45,47-48,60,64H,14-15,18-24,26-29H2,1-10H3;11-13,16-17,25,30,32-34,36-40,42-44,46-47,53,56,60H,14-15,18-24,26-29H2,1-10H3/b13-11+,16-12+,32-17+,36-25+;13-11+,16-12+,31-17+,35-25+/t31-,33-,34-,35-,37-,38+,39+,40+,41+,43+,44+,45-,47-,48+,52-;30-,32-,33-,34-,36-,37+,38+,39+,40-,42+,43+,44-,46-,47+,51-/m11/s1. The van der Waals surface area contributed by atoms with Crippen molar-refractivity contribution in [3.63, 3.8) is 0 Å². The molecule has 1 aromatic heterocycles. The number of piperidine rings is 2. The van der Waals surface area contributed by atoms with Crippen LogP contribution in [0, 0.1) is 71.0 Å². The highest BCUT2D eigenvalue weighted by Gasteiger charge is 2.56. The molecule has 31 nitrogen and oxygen atoms in total. The number of tetrazole rings is 1. The number of nitrogens with zero attached hydrogens (tertiary/aromatic N) is 6. The third kappa shape index (κ3) is 30.0. The lowest BCUT2D eigenvalue weighted by Gasteiger charge is -2.42. The molecule has 1 aromatic rings. The number of esters is 2. The van der Waals surface area contributed by atoms with Crippen molar-refractivity contribution < 1.29 is 121 Å². The maximum absolute atomic E-state index is 14.5. The normalized spacial score (nSPS) is 39.6. The van der Waals surface area contributed by atoms with Gasteiger partial charge < -0.3 is 82.7 Å². The SMILES string of the molecule is CO[C@H]1C[C@@H]2CC[C@@H](C)[C@@](O)(O2)C(=O)C(=O)N2CCCC[C@H]2C(=O)O[C@H]([C@H](C)C[C@@H]2CC[C@@H](O)[C@H](OC)C2)CC(=O)[C@H](C)/C=C(\C)[C@@H](O)[C@@H](OC)C(=O)[C@H](C)C[C@H](C)/C=C/C=C/C=C/1C.CO[C@H]1C[C@@H]2CC[C@@H](C)[C@@](O)(O2)C(=O)C(=O)N2CCCC[C@H]2C(=O)O[C@H]([C@H](C)C[C@@H]2CC[C@H](n3cnnn3)[C@H](OC)C2)CC(=O)[C@H](C)/C=C(\C)[C@@H](O)[C@@H](OC)C(=O)[C@H](C)C[C@H](C)/C=C/C=C/C=C/1C. The van der Waals surface area contributed by atoms with Crippen LogP contribution in [0.4, 0.5) is 0 Å². The molecule has 8 aliphatic rings. The molecular weight excluding hydrogens is 1720 g/mol. The smallest absolute Gasteiger partial charge is 0.329 e. The van der Waals surface area contributed by atoms with Crippen molar-refractivity contribution in [2.45, 2.75) is 360 Å². The second-order valence-corrected chi connectivity index (χ2v) is 40.0. The van der Waals surface area contributed by atoms with E-state index in [4.69, 9.17) is 47.4 Å². The molecule has 2 saturated carbocycles. The number of fused-ring (bicyclic) bond motifs is 6. The number of cyclic esters (lactones) is 2. The van der Waals surface area contributed by atoms with Crippen LogP contribution < -0.4 is 0 Å². The van der Waals surface area contributed by atoms with Crippen LogP contribution in [0.1, 0.15) is 257 Å². The Morgan fingerprint density at radius 3 is 1.26 bits per heavy atom. The van der Waals surface area contributed by atoms with Gasteiger partial charge in [-0.3, -0.25) is 38.4 Å². The van der Waals surface area contributed by atoms with Crippen molar-refractivity contribution in [1.29, 1.82) is 0 Å². The molecule has 0 unspecified atom stereocenters. The first-order valence-corrected chi connectivity index (χ1v) is 49.0. The zero-order chi connectivity index (χ0) is 98.8. The van der Waals surface area contributed by atoms with Gasteiger partial charge in [-0.15, -0.1) is 5.10 Å². The third-order valence-electron chi connectivity index (χ3n) is 29.7. The molecule has 30 atom stereocenters. The molecule has 0 aromatic carbocycles. The monoisotopic (exact) mass is 1880 g/mol. The molecule has 5 N–H and O–H groups in total. The van der Waals surface area contributed by atoms with E-state index in [9.17, 15) is 73.5 Å². The van der Waals surface area contributed by atoms with Crippen molar-refractivity contribution in [2.24, 2.45) is 71.0 Å². The molecule has 2 amide bonds. The van der Waals surface area contributed by atoms with Gasteiger partial charge in [0.2, 0.25) is 11.6 Å². The van der Waals surface area contributed by atoms with Crippen molar-refractivity contribution in [1.82, 2.24) is 30.0 Å². The molecule has 750 valence electrons. The number of rotatable bonds is 13. The lowest BCUT2D eigenvalue weighted by atomic mass is 9.77. The number of carbonyl (C=O) groups excluding carboxylic acids is 10. The minimum absolute atomic E-state index is 0.0170. The fourth-order valence-electron chi connectivity index (χ4n) is 20.9. The van der Waals surface area contributed by atoms with E-state index in [-0.39, 0.29) is 116 Å². The Labute approximate surface area is 793 Å². The van der Waals surface area contributed by atoms with Crippen molar-refractivity contribution in [2.75, 3.05) is 55.7 Å². The van der Waals surface area contributed by atoms with Gasteiger partial charge in [-0.1, -0.05) is 142 Å².